The number of cyclic esters (lactones) is 1. The number of aliphatic carboxylic acids is 1. The molecule has 2 atom stereocenters. The maximum Gasteiger partial charge on any atom is 0.348 e. The van der Waals surface area contributed by atoms with E-state index in [4.69, 9.17) is 5.11 Å². The molecule has 1 aliphatic rings. The predicted molar refractivity (Wildman–Crippen MR) is 35.9 cm³/mol. The van der Waals surface area contributed by atoms with Crippen molar-refractivity contribution in [2.45, 2.75) is 25.9 Å². The van der Waals surface area contributed by atoms with Gasteiger partial charge in [-0.25, -0.2) is 4.79 Å². The van der Waals surface area contributed by atoms with Gasteiger partial charge in [0.25, 0.3) is 0 Å². The highest BCUT2D eigenvalue weighted by atomic mass is 16.6. The van der Waals surface area contributed by atoms with Gasteiger partial charge in [-0.15, -0.1) is 0 Å². The monoisotopic (exact) mass is 158 g/mol. The molecule has 2 unspecified atom stereocenters. The van der Waals surface area contributed by atoms with Crippen LogP contribution in [0.1, 0.15) is 20.3 Å². The number of carboxylic acids is 1. The van der Waals surface area contributed by atoms with E-state index in [0.717, 1.165) is 0 Å². The van der Waals surface area contributed by atoms with Crippen LogP contribution in [0.2, 0.25) is 0 Å². The van der Waals surface area contributed by atoms with Crippen LogP contribution < -0.4 is 0 Å². The summed E-state index contributed by atoms with van der Waals surface area (Å²) in [6.07, 6.45) is 0.197. The second-order valence-corrected chi connectivity index (χ2v) is 2.99. The molecule has 4 heteroatoms. The molecule has 11 heavy (non-hydrogen) atoms. The molecule has 1 heterocycles. The molecule has 0 amide bonds. The Kier molecular flexibility index (Phi) is 1.62. The molecule has 0 radical (unpaired) electrons. The van der Waals surface area contributed by atoms with Crippen LogP contribution >= 0.6 is 0 Å². The Bertz CT molecular complexity index is 210. The molecule has 0 saturated carbocycles. The van der Waals surface area contributed by atoms with Crippen molar-refractivity contribution >= 4 is 11.9 Å². The van der Waals surface area contributed by atoms with Crippen molar-refractivity contribution in [3.63, 3.8) is 0 Å². The highest BCUT2D eigenvalue weighted by Crippen LogP contribution is 2.32. The molecule has 0 aliphatic carbocycles. The number of carbonyl (C=O) groups is 2. The van der Waals surface area contributed by atoms with Gasteiger partial charge in [0.05, 0.1) is 6.42 Å². The minimum atomic E-state index is -1.31. The van der Waals surface area contributed by atoms with Crippen LogP contribution in [0.15, 0.2) is 0 Å². The Labute approximate surface area is 64.2 Å². The molecule has 1 aliphatic heterocycles. The third-order valence-corrected chi connectivity index (χ3v) is 2.16. The first-order chi connectivity index (χ1) is 4.97. The third kappa shape index (κ3) is 1.08. The molecule has 4 nitrogen and oxygen atoms in total. The Morgan fingerprint density at radius 3 is 2.55 bits per heavy atom. The number of ether oxygens (including phenoxy) is 1. The minimum Gasteiger partial charge on any atom is -0.478 e. The van der Waals surface area contributed by atoms with Crippen molar-refractivity contribution in [3.8, 4) is 0 Å². The summed E-state index contributed by atoms with van der Waals surface area (Å²) in [5, 5.41) is 8.68. The van der Waals surface area contributed by atoms with E-state index in [-0.39, 0.29) is 12.3 Å². The Morgan fingerprint density at radius 1 is 1.82 bits per heavy atom. The Hall–Kier alpha value is -1.06. The largest absolute Gasteiger partial charge is 0.478 e. The van der Waals surface area contributed by atoms with Gasteiger partial charge in [0.1, 0.15) is 0 Å². The zero-order chi connectivity index (χ0) is 8.65. The van der Waals surface area contributed by atoms with E-state index in [0.29, 0.717) is 0 Å². The Morgan fingerprint density at radius 2 is 2.36 bits per heavy atom. The first-order valence-electron chi connectivity index (χ1n) is 3.42. The maximum atomic E-state index is 10.7. The molecular weight excluding hydrogens is 148 g/mol. The summed E-state index contributed by atoms with van der Waals surface area (Å²) in [6, 6.07) is 0. The quantitative estimate of drug-likeness (QED) is 0.561. The summed E-state index contributed by atoms with van der Waals surface area (Å²) in [6.45, 7) is 3.12. The molecule has 0 bridgehead atoms. The lowest BCUT2D eigenvalue weighted by molar-refractivity contribution is -0.169. The van der Waals surface area contributed by atoms with Crippen LogP contribution in [0, 0.1) is 5.92 Å². The third-order valence-electron chi connectivity index (χ3n) is 2.16. The molecular formula is C7H10O4. The lowest BCUT2D eigenvalue weighted by Gasteiger charge is -2.21. The van der Waals surface area contributed by atoms with E-state index in [1.54, 1.807) is 6.92 Å². The van der Waals surface area contributed by atoms with E-state index >= 15 is 0 Å². The zero-order valence-corrected chi connectivity index (χ0v) is 6.46. The smallest absolute Gasteiger partial charge is 0.348 e. The summed E-state index contributed by atoms with van der Waals surface area (Å²) < 4.78 is 4.68. The van der Waals surface area contributed by atoms with Gasteiger partial charge in [0.2, 0.25) is 5.60 Å². The first kappa shape index (κ1) is 8.04. The van der Waals surface area contributed by atoms with Crippen molar-refractivity contribution in [3.05, 3.63) is 0 Å². The van der Waals surface area contributed by atoms with E-state index < -0.39 is 17.5 Å². The van der Waals surface area contributed by atoms with Crippen LogP contribution in [-0.4, -0.2) is 22.6 Å². The summed E-state index contributed by atoms with van der Waals surface area (Å²) in [7, 11) is 0. The molecule has 0 aromatic heterocycles. The second-order valence-electron chi connectivity index (χ2n) is 2.99. The molecule has 1 rings (SSSR count). The highest BCUT2D eigenvalue weighted by molar-refractivity contribution is 5.85. The van der Waals surface area contributed by atoms with E-state index in [2.05, 4.69) is 4.74 Å². The molecule has 1 N–H and O–H groups in total. The lowest BCUT2D eigenvalue weighted by atomic mass is 9.91. The first-order valence-corrected chi connectivity index (χ1v) is 3.42. The summed E-state index contributed by atoms with van der Waals surface area (Å²) in [5.74, 6) is -1.74. The van der Waals surface area contributed by atoms with Gasteiger partial charge in [-0.3, -0.25) is 4.79 Å². The summed E-state index contributed by atoms with van der Waals surface area (Å²) in [4.78, 5) is 21.3. The maximum absolute atomic E-state index is 10.7. The van der Waals surface area contributed by atoms with Crippen molar-refractivity contribution in [1.29, 1.82) is 0 Å². The highest BCUT2D eigenvalue weighted by Gasteiger charge is 2.49. The number of hydrogen-bond acceptors (Lipinski definition) is 3. The average Bonchev–Trinajstić information content (AvgIpc) is 2.08. The molecule has 0 aromatic carbocycles. The standard InChI is InChI=1S/C7H10O4/c1-4-3-5(8)11-7(4,2)6(9)10/h4H,3H2,1-2H3,(H,9,10). The Balaban J connectivity index is 2.87. The van der Waals surface area contributed by atoms with Crippen LogP contribution in [0.5, 0.6) is 0 Å². The summed E-state index contributed by atoms with van der Waals surface area (Å²) in [5.41, 5.74) is -1.31. The van der Waals surface area contributed by atoms with E-state index in [1.807, 2.05) is 0 Å². The fourth-order valence-corrected chi connectivity index (χ4v) is 1.08. The van der Waals surface area contributed by atoms with Crippen molar-refractivity contribution in [1.82, 2.24) is 0 Å². The SMILES string of the molecule is CC1CC(=O)OC1(C)C(=O)O. The van der Waals surface area contributed by atoms with Gasteiger partial charge < -0.3 is 9.84 Å². The van der Waals surface area contributed by atoms with Gasteiger partial charge in [0.15, 0.2) is 0 Å². The second kappa shape index (κ2) is 2.22. The number of rotatable bonds is 1. The number of esters is 1. The topological polar surface area (TPSA) is 63.6 Å². The van der Waals surface area contributed by atoms with Crippen LogP contribution in [-0.2, 0) is 14.3 Å². The minimum absolute atomic E-state index is 0.197. The number of carboxylic acid groups (broad SMARTS) is 1. The zero-order valence-electron chi connectivity index (χ0n) is 6.46. The molecule has 0 aromatic rings. The fourth-order valence-electron chi connectivity index (χ4n) is 1.08. The van der Waals surface area contributed by atoms with Gasteiger partial charge in [-0.1, -0.05) is 6.92 Å². The summed E-state index contributed by atoms with van der Waals surface area (Å²) >= 11 is 0. The van der Waals surface area contributed by atoms with Gasteiger partial charge in [-0.2, -0.15) is 0 Å². The molecule has 1 fully saturated rings. The normalized spacial score (nSPS) is 36.9. The van der Waals surface area contributed by atoms with Crippen LogP contribution in [0.4, 0.5) is 0 Å². The van der Waals surface area contributed by atoms with Crippen molar-refractivity contribution in [2.24, 2.45) is 5.92 Å². The van der Waals surface area contributed by atoms with Gasteiger partial charge >= 0.3 is 11.9 Å². The average molecular weight is 158 g/mol. The molecule has 62 valence electrons. The van der Waals surface area contributed by atoms with Crippen molar-refractivity contribution < 1.29 is 19.4 Å². The molecule has 1 saturated heterocycles. The molecule has 0 spiro atoms. The van der Waals surface area contributed by atoms with Gasteiger partial charge in [-0.05, 0) is 6.92 Å². The fraction of sp³-hybridized carbons (Fsp3) is 0.714. The number of hydrogen-bond donors (Lipinski definition) is 1. The lowest BCUT2D eigenvalue weighted by Crippen LogP contribution is -2.39. The van der Waals surface area contributed by atoms with E-state index in [1.165, 1.54) is 6.92 Å². The predicted octanol–water partition coefficient (Wildman–Crippen LogP) is 0.413. The van der Waals surface area contributed by atoms with Gasteiger partial charge in [0, 0.05) is 5.92 Å². The van der Waals surface area contributed by atoms with E-state index in [9.17, 15) is 9.59 Å². The van der Waals surface area contributed by atoms with Crippen molar-refractivity contribution in [2.75, 3.05) is 0 Å². The number of carbonyl (C=O) groups excluding carboxylic acids is 1. The van der Waals surface area contributed by atoms with Crippen LogP contribution in [0.25, 0.3) is 0 Å². The van der Waals surface area contributed by atoms with Crippen LogP contribution in [0.3, 0.4) is 0 Å².